The van der Waals surface area contributed by atoms with Crippen molar-refractivity contribution in [1.29, 1.82) is 0 Å². The summed E-state index contributed by atoms with van der Waals surface area (Å²) in [5.41, 5.74) is 10.4. The minimum atomic E-state index is -4.68. The van der Waals surface area contributed by atoms with E-state index in [9.17, 15) is 45.5 Å². The Bertz CT molecular complexity index is 1830. The number of para-hydroxylation sites is 1. The number of alkyl halides is 6. The largest absolute Gasteiger partial charge is 0.416 e. The predicted molar refractivity (Wildman–Crippen MR) is 169 cm³/mol. The number of amides is 6. The molecule has 0 saturated heterocycles. The van der Waals surface area contributed by atoms with Gasteiger partial charge in [-0.1, -0.05) is 30.3 Å². The second-order valence-electron chi connectivity index (χ2n) is 12.7. The number of nitrogens with one attached hydrogen (secondary N) is 1. The van der Waals surface area contributed by atoms with Crippen LogP contribution in [0.3, 0.4) is 0 Å². The van der Waals surface area contributed by atoms with Gasteiger partial charge in [-0.05, 0) is 72.7 Å². The van der Waals surface area contributed by atoms with Gasteiger partial charge in [-0.2, -0.15) is 26.3 Å². The first-order valence-corrected chi connectivity index (χ1v) is 15.8. The van der Waals surface area contributed by atoms with E-state index in [1.807, 2.05) is 0 Å². The molecule has 16 heteroatoms. The number of carbonyl (C=O) groups is 4. The number of hydrogen-bond donors (Lipinski definition) is 3. The molecule has 0 aromatic heterocycles. The first-order chi connectivity index (χ1) is 23.5. The highest BCUT2D eigenvalue weighted by Gasteiger charge is 2.45. The number of anilines is 3. The van der Waals surface area contributed by atoms with E-state index in [-0.39, 0.29) is 48.8 Å². The van der Waals surface area contributed by atoms with Crippen LogP contribution in [0, 0.1) is 5.92 Å². The van der Waals surface area contributed by atoms with Gasteiger partial charge in [0, 0.05) is 36.8 Å². The van der Waals surface area contributed by atoms with Crippen LogP contribution in [-0.4, -0.2) is 53.4 Å². The van der Waals surface area contributed by atoms with Crippen molar-refractivity contribution in [3.8, 4) is 0 Å². The summed E-state index contributed by atoms with van der Waals surface area (Å²) in [5, 5.41) is 2.35. The SMILES string of the molecule is NC(=O)N[C@@H]1Cc2ccc(C(F)(F)F)cc2N(CC2CCC(N(C(N)=O)[C@@H]3Cc4ccc(C(F)(F)F)cc4N(c4ccccc4)C3=O)C2)C1=O. The van der Waals surface area contributed by atoms with Gasteiger partial charge in [0.2, 0.25) is 5.91 Å². The van der Waals surface area contributed by atoms with Gasteiger partial charge >= 0.3 is 24.4 Å². The van der Waals surface area contributed by atoms with Crippen molar-refractivity contribution in [2.24, 2.45) is 17.4 Å². The number of benzene rings is 3. The Morgan fingerprint density at radius 1 is 0.800 bits per heavy atom. The third kappa shape index (κ3) is 6.65. The van der Waals surface area contributed by atoms with Crippen molar-refractivity contribution in [2.45, 2.75) is 62.6 Å². The highest BCUT2D eigenvalue weighted by Crippen LogP contribution is 2.43. The normalized spacial score (nSPS) is 22.2. The van der Waals surface area contributed by atoms with Crippen molar-refractivity contribution in [3.63, 3.8) is 0 Å². The lowest BCUT2D eigenvalue weighted by Gasteiger charge is -2.41. The molecule has 1 saturated carbocycles. The molecule has 1 aliphatic carbocycles. The number of hydrogen-bond acceptors (Lipinski definition) is 4. The van der Waals surface area contributed by atoms with Crippen molar-refractivity contribution in [3.05, 3.63) is 89.0 Å². The number of halogens is 6. The Labute approximate surface area is 282 Å². The molecule has 3 aliphatic rings. The van der Waals surface area contributed by atoms with E-state index < -0.39 is 65.5 Å². The van der Waals surface area contributed by atoms with E-state index in [0.29, 0.717) is 24.0 Å². The Kier molecular flexibility index (Phi) is 8.90. The van der Waals surface area contributed by atoms with Crippen molar-refractivity contribution in [2.75, 3.05) is 16.3 Å². The smallest absolute Gasteiger partial charge is 0.352 e. The van der Waals surface area contributed by atoms with Crippen LogP contribution in [0.4, 0.5) is 53.0 Å². The maximum absolute atomic E-state index is 14.2. The Balaban J connectivity index is 1.29. The molecule has 3 aromatic carbocycles. The molecule has 2 heterocycles. The summed E-state index contributed by atoms with van der Waals surface area (Å²) in [5.74, 6) is -1.68. The zero-order valence-electron chi connectivity index (χ0n) is 26.3. The minimum absolute atomic E-state index is 0.0284. The molecule has 10 nitrogen and oxygen atoms in total. The Morgan fingerprint density at radius 2 is 1.40 bits per heavy atom. The molecule has 1 fully saturated rings. The van der Waals surface area contributed by atoms with Crippen LogP contribution in [0.1, 0.15) is 41.5 Å². The Hall–Kier alpha value is -5.28. The van der Waals surface area contributed by atoms with Gasteiger partial charge in [0.25, 0.3) is 5.91 Å². The van der Waals surface area contributed by atoms with E-state index in [4.69, 9.17) is 11.5 Å². The number of urea groups is 2. The van der Waals surface area contributed by atoms with Gasteiger partial charge in [-0.15, -0.1) is 0 Å². The summed E-state index contributed by atoms with van der Waals surface area (Å²) >= 11 is 0. The number of primary amides is 2. The molecule has 2 aliphatic heterocycles. The maximum Gasteiger partial charge on any atom is 0.416 e. The lowest BCUT2D eigenvalue weighted by atomic mass is 9.92. The van der Waals surface area contributed by atoms with Crippen LogP contribution in [0.2, 0.25) is 0 Å². The summed E-state index contributed by atoms with van der Waals surface area (Å²) in [7, 11) is 0. The molecule has 0 bridgehead atoms. The molecule has 3 aromatic rings. The first-order valence-electron chi connectivity index (χ1n) is 15.8. The fourth-order valence-electron chi connectivity index (χ4n) is 7.31. The summed E-state index contributed by atoms with van der Waals surface area (Å²) in [6.07, 6.45) is -8.60. The molecule has 0 radical (unpaired) electrons. The van der Waals surface area contributed by atoms with Crippen molar-refractivity contribution >= 4 is 40.9 Å². The third-order valence-corrected chi connectivity index (χ3v) is 9.53. The van der Waals surface area contributed by atoms with Gasteiger partial charge in [-0.25, -0.2) is 9.59 Å². The van der Waals surface area contributed by atoms with E-state index >= 15 is 0 Å². The fraction of sp³-hybridized carbons (Fsp3) is 0.353. The molecule has 6 amide bonds. The quantitative estimate of drug-likeness (QED) is 0.292. The van der Waals surface area contributed by atoms with Gasteiger partial charge in [0.15, 0.2) is 0 Å². The number of carbonyl (C=O) groups excluding carboxylic acids is 4. The number of rotatable bonds is 6. The molecule has 5 N–H and O–H groups in total. The average molecular weight is 703 g/mol. The van der Waals surface area contributed by atoms with Crippen LogP contribution in [0.15, 0.2) is 66.7 Å². The highest BCUT2D eigenvalue weighted by molar-refractivity contribution is 6.07. The number of nitrogens with zero attached hydrogens (tertiary/aromatic N) is 3. The summed E-state index contributed by atoms with van der Waals surface area (Å²) in [4.78, 5) is 56.0. The van der Waals surface area contributed by atoms with Crippen LogP contribution in [0.25, 0.3) is 0 Å². The van der Waals surface area contributed by atoms with E-state index in [0.717, 1.165) is 29.2 Å². The molecule has 4 atom stereocenters. The zero-order valence-corrected chi connectivity index (χ0v) is 26.3. The standard InChI is InChI=1S/C34H32F6N6O4/c35-33(36,37)21-9-7-19-13-25(43-31(41)49)29(47)44(26(19)15-21)17-18-6-11-24(12-18)46(32(42)50)28-14-20-8-10-22(34(38,39)40)16-27(20)45(30(28)48)23-4-2-1-3-5-23/h1-5,7-10,15-16,18,24-25,28H,6,11-14,17H2,(H2,42,50)(H3,41,43,49)/t18?,24?,25-,28-/m1/s1. The first kappa shape index (κ1) is 34.6. The van der Waals surface area contributed by atoms with Gasteiger partial charge < -0.3 is 26.6 Å². The van der Waals surface area contributed by atoms with Crippen LogP contribution >= 0.6 is 0 Å². The third-order valence-electron chi connectivity index (χ3n) is 9.53. The molecule has 2 unspecified atom stereocenters. The van der Waals surface area contributed by atoms with Crippen molar-refractivity contribution < 1.29 is 45.5 Å². The number of fused-ring (bicyclic) bond motifs is 2. The van der Waals surface area contributed by atoms with E-state index in [1.165, 1.54) is 21.9 Å². The van der Waals surface area contributed by atoms with Crippen LogP contribution in [-0.2, 0) is 34.8 Å². The molecular formula is C34H32F6N6O4. The monoisotopic (exact) mass is 702 g/mol. The lowest BCUT2D eigenvalue weighted by molar-refractivity contribution is -0.138. The second kappa shape index (κ2) is 12.9. The van der Waals surface area contributed by atoms with Crippen molar-refractivity contribution in [1.82, 2.24) is 10.2 Å². The van der Waals surface area contributed by atoms with Gasteiger partial charge in [0.1, 0.15) is 12.1 Å². The predicted octanol–water partition coefficient (Wildman–Crippen LogP) is 5.49. The average Bonchev–Trinajstić information content (AvgIpc) is 3.50. The molecular weight excluding hydrogens is 670 g/mol. The maximum atomic E-state index is 14.2. The summed E-state index contributed by atoms with van der Waals surface area (Å²) < 4.78 is 82.0. The van der Waals surface area contributed by atoms with Gasteiger partial charge in [-0.3, -0.25) is 14.5 Å². The minimum Gasteiger partial charge on any atom is -0.352 e. The molecule has 6 rings (SSSR count). The molecule has 264 valence electrons. The second-order valence-corrected chi connectivity index (χ2v) is 12.7. The summed E-state index contributed by atoms with van der Waals surface area (Å²) in [6.45, 7) is -0.0645. The zero-order chi connectivity index (χ0) is 36.1. The topological polar surface area (TPSA) is 142 Å². The lowest BCUT2D eigenvalue weighted by Crippen LogP contribution is -2.58. The number of nitrogens with two attached hydrogens (primary N) is 2. The molecule has 0 spiro atoms. The Morgan fingerprint density at radius 3 is 1.98 bits per heavy atom. The fourth-order valence-corrected chi connectivity index (χ4v) is 7.31. The van der Waals surface area contributed by atoms with Crippen LogP contribution < -0.4 is 26.6 Å². The molecule has 50 heavy (non-hydrogen) atoms. The van der Waals surface area contributed by atoms with E-state index in [1.54, 1.807) is 30.3 Å². The summed E-state index contributed by atoms with van der Waals surface area (Å²) in [6, 6.07) is 9.30. The van der Waals surface area contributed by atoms with Crippen LogP contribution in [0.5, 0.6) is 0 Å². The van der Waals surface area contributed by atoms with Gasteiger partial charge in [0.05, 0.1) is 16.8 Å². The highest BCUT2D eigenvalue weighted by atomic mass is 19.4. The van der Waals surface area contributed by atoms with E-state index in [2.05, 4.69) is 5.32 Å².